The van der Waals surface area contributed by atoms with E-state index in [0.29, 0.717) is 5.56 Å². The van der Waals surface area contributed by atoms with E-state index >= 15 is 0 Å². The molecule has 2 aromatic rings. The van der Waals surface area contributed by atoms with Gasteiger partial charge in [0, 0.05) is 18.2 Å². The lowest BCUT2D eigenvalue weighted by atomic mass is 9.85. The van der Waals surface area contributed by atoms with E-state index in [0.717, 1.165) is 28.8 Å². The molecular formula is C17H20N2O. The van der Waals surface area contributed by atoms with Crippen LogP contribution in [0.2, 0.25) is 0 Å². The molecule has 2 rings (SSSR count). The van der Waals surface area contributed by atoms with Gasteiger partial charge in [0.25, 0.3) is 0 Å². The first-order valence-corrected chi connectivity index (χ1v) is 6.69. The zero-order valence-electron chi connectivity index (χ0n) is 12.4. The van der Waals surface area contributed by atoms with Crippen molar-refractivity contribution in [1.82, 2.24) is 4.98 Å². The molecule has 0 atom stereocenters. The molecule has 1 N–H and O–H groups in total. The Balaban J connectivity index is 2.52. The van der Waals surface area contributed by atoms with E-state index in [1.54, 1.807) is 6.20 Å². The second kappa shape index (κ2) is 5.45. The third-order valence-electron chi connectivity index (χ3n) is 3.31. The summed E-state index contributed by atoms with van der Waals surface area (Å²) < 4.78 is 0. The molecule has 0 bridgehead atoms. The van der Waals surface area contributed by atoms with Gasteiger partial charge in [0.15, 0.2) is 0 Å². The van der Waals surface area contributed by atoms with Gasteiger partial charge in [0.2, 0.25) is 0 Å². The SMILES string of the molecule is CNc1ccc(-c2cc(C=O)cc(C(C)(C)C)c2)nc1. The molecule has 0 saturated carbocycles. The fourth-order valence-electron chi connectivity index (χ4n) is 2.01. The second-order valence-electron chi connectivity index (χ2n) is 5.89. The van der Waals surface area contributed by atoms with Crippen LogP contribution in [0.3, 0.4) is 0 Å². The Morgan fingerprint density at radius 1 is 1.15 bits per heavy atom. The van der Waals surface area contributed by atoms with Gasteiger partial charge < -0.3 is 5.32 Å². The van der Waals surface area contributed by atoms with Gasteiger partial charge in [-0.2, -0.15) is 0 Å². The highest BCUT2D eigenvalue weighted by molar-refractivity contribution is 5.79. The first kappa shape index (κ1) is 14.3. The highest BCUT2D eigenvalue weighted by Crippen LogP contribution is 2.28. The molecule has 0 spiro atoms. The maximum Gasteiger partial charge on any atom is 0.150 e. The van der Waals surface area contributed by atoms with Crippen molar-refractivity contribution in [3.63, 3.8) is 0 Å². The van der Waals surface area contributed by atoms with Crippen LogP contribution in [0.25, 0.3) is 11.3 Å². The summed E-state index contributed by atoms with van der Waals surface area (Å²) in [7, 11) is 1.86. The van der Waals surface area contributed by atoms with Crippen LogP contribution >= 0.6 is 0 Å². The number of nitrogens with one attached hydrogen (secondary N) is 1. The Labute approximate surface area is 120 Å². The van der Waals surface area contributed by atoms with Gasteiger partial charge in [-0.25, -0.2) is 0 Å². The standard InChI is InChI=1S/C17H20N2O/c1-17(2,3)14-8-12(11-20)7-13(9-14)16-6-5-15(18-4)10-19-16/h5-11,18H,1-4H3. The van der Waals surface area contributed by atoms with Crippen LogP contribution in [-0.2, 0) is 5.41 Å². The zero-order chi connectivity index (χ0) is 14.8. The number of benzene rings is 1. The maximum absolute atomic E-state index is 11.1. The molecule has 20 heavy (non-hydrogen) atoms. The first-order chi connectivity index (χ1) is 9.44. The van der Waals surface area contributed by atoms with Crippen molar-refractivity contribution in [2.45, 2.75) is 26.2 Å². The number of nitrogens with zero attached hydrogens (tertiary/aromatic N) is 1. The smallest absolute Gasteiger partial charge is 0.150 e. The molecular weight excluding hydrogens is 248 g/mol. The van der Waals surface area contributed by atoms with Crippen LogP contribution < -0.4 is 5.32 Å². The number of aromatic nitrogens is 1. The Bertz CT molecular complexity index is 610. The van der Waals surface area contributed by atoms with Crippen LogP contribution in [0.15, 0.2) is 36.5 Å². The molecule has 0 radical (unpaired) electrons. The Morgan fingerprint density at radius 2 is 1.90 bits per heavy atom. The molecule has 104 valence electrons. The Morgan fingerprint density at radius 3 is 2.40 bits per heavy atom. The van der Waals surface area contributed by atoms with E-state index < -0.39 is 0 Å². The predicted octanol–water partition coefficient (Wildman–Crippen LogP) is 3.90. The van der Waals surface area contributed by atoms with Crippen molar-refractivity contribution >= 4 is 12.0 Å². The minimum Gasteiger partial charge on any atom is -0.387 e. The molecule has 0 aliphatic rings. The van der Waals surface area contributed by atoms with E-state index in [2.05, 4.69) is 37.1 Å². The number of pyridine rings is 1. The molecule has 3 heteroatoms. The third-order valence-corrected chi connectivity index (χ3v) is 3.31. The minimum atomic E-state index is -0.00130. The first-order valence-electron chi connectivity index (χ1n) is 6.69. The molecule has 0 fully saturated rings. The number of aldehydes is 1. The van der Waals surface area contributed by atoms with Gasteiger partial charge >= 0.3 is 0 Å². The topological polar surface area (TPSA) is 42.0 Å². The summed E-state index contributed by atoms with van der Waals surface area (Å²) >= 11 is 0. The van der Waals surface area contributed by atoms with Crippen molar-refractivity contribution in [1.29, 1.82) is 0 Å². The summed E-state index contributed by atoms with van der Waals surface area (Å²) in [6.07, 6.45) is 2.68. The van der Waals surface area contributed by atoms with E-state index in [-0.39, 0.29) is 5.41 Å². The normalized spacial score (nSPS) is 11.2. The van der Waals surface area contributed by atoms with Gasteiger partial charge in [0.1, 0.15) is 6.29 Å². The number of anilines is 1. The molecule has 0 amide bonds. The highest BCUT2D eigenvalue weighted by atomic mass is 16.1. The zero-order valence-corrected chi connectivity index (χ0v) is 12.4. The fourth-order valence-corrected chi connectivity index (χ4v) is 2.01. The van der Waals surface area contributed by atoms with Gasteiger partial charge in [-0.05, 0) is 41.3 Å². The molecule has 0 saturated heterocycles. The van der Waals surface area contributed by atoms with Crippen LogP contribution in [0.4, 0.5) is 5.69 Å². The van der Waals surface area contributed by atoms with E-state index in [4.69, 9.17) is 0 Å². The highest BCUT2D eigenvalue weighted by Gasteiger charge is 2.16. The number of rotatable bonds is 3. The summed E-state index contributed by atoms with van der Waals surface area (Å²) in [4.78, 5) is 15.6. The van der Waals surface area contributed by atoms with Crippen LogP contribution in [0.5, 0.6) is 0 Å². The van der Waals surface area contributed by atoms with Crippen molar-refractivity contribution in [2.24, 2.45) is 0 Å². The Kier molecular flexibility index (Phi) is 3.89. The summed E-state index contributed by atoms with van der Waals surface area (Å²) in [5.74, 6) is 0. The minimum absolute atomic E-state index is 0.00130. The lowest BCUT2D eigenvalue weighted by Gasteiger charge is -2.20. The summed E-state index contributed by atoms with van der Waals surface area (Å²) in [6.45, 7) is 6.41. The fraction of sp³-hybridized carbons (Fsp3) is 0.294. The number of carbonyl (C=O) groups excluding carboxylic acids is 1. The molecule has 1 heterocycles. The van der Waals surface area contributed by atoms with Crippen LogP contribution in [-0.4, -0.2) is 18.3 Å². The number of carbonyl (C=O) groups is 1. The molecule has 0 aliphatic carbocycles. The number of hydrogen-bond donors (Lipinski definition) is 1. The van der Waals surface area contributed by atoms with Crippen molar-refractivity contribution < 1.29 is 4.79 Å². The average molecular weight is 268 g/mol. The van der Waals surface area contributed by atoms with Crippen LogP contribution in [0.1, 0.15) is 36.7 Å². The molecule has 1 aromatic heterocycles. The summed E-state index contributed by atoms with van der Waals surface area (Å²) in [6, 6.07) is 9.87. The van der Waals surface area contributed by atoms with Crippen LogP contribution in [0, 0.1) is 0 Å². The second-order valence-corrected chi connectivity index (χ2v) is 5.89. The van der Waals surface area contributed by atoms with Crippen molar-refractivity contribution in [2.75, 3.05) is 12.4 Å². The quantitative estimate of drug-likeness (QED) is 0.858. The molecule has 0 aliphatic heterocycles. The Hall–Kier alpha value is -2.16. The molecule has 0 unspecified atom stereocenters. The van der Waals surface area contributed by atoms with E-state index in [9.17, 15) is 4.79 Å². The van der Waals surface area contributed by atoms with Crippen molar-refractivity contribution in [3.05, 3.63) is 47.7 Å². The molecule has 3 nitrogen and oxygen atoms in total. The van der Waals surface area contributed by atoms with E-state index in [1.807, 2.05) is 31.3 Å². The average Bonchev–Trinajstić information content (AvgIpc) is 2.46. The summed E-state index contributed by atoms with van der Waals surface area (Å²) in [5, 5.41) is 3.05. The van der Waals surface area contributed by atoms with Gasteiger partial charge in [-0.3, -0.25) is 9.78 Å². The lowest BCUT2D eigenvalue weighted by molar-refractivity contribution is 0.112. The number of hydrogen-bond acceptors (Lipinski definition) is 3. The largest absolute Gasteiger partial charge is 0.387 e. The maximum atomic E-state index is 11.1. The summed E-state index contributed by atoms with van der Waals surface area (Å²) in [5.41, 5.74) is 4.64. The molecule has 1 aromatic carbocycles. The van der Waals surface area contributed by atoms with E-state index in [1.165, 1.54) is 0 Å². The van der Waals surface area contributed by atoms with Crippen molar-refractivity contribution in [3.8, 4) is 11.3 Å². The lowest BCUT2D eigenvalue weighted by Crippen LogP contribution is -2.11. The predicted molar refractivity (Wildman–Crippen MR) is 83.3 cm³/mol. The third kappa shape index (κ3) is 3.05. The van der Waals surface area contributed by atoms with Gasteiger partial charge in [-0.15, -0.1) is 0 Å². The van der Waals surface area contributed by atoms with Gasteiger partial charge in [0.05, 0.1) is 17.6 Å². The monoisotopic (exact) mass is 268 g/mol. The van der Waals surface area contributed by atoms with Gasteiger partial charge in [-0.1, -0.05) is 20.8 Å².